The van der Waals surface area contributed by atoms with E-state index in [9.17, 15) is 18.4 Å². The van der Waals surface area contributed by atoms with Crippen LogP contribution in [0.2, 0.25) is 0 Å². The second-order valence-corrected chi connectivity index (χ2v) is 7.06. The second kappa shape index (κ2) is 6.37. The Morgan fingerprint density at radius 1 is 1.24 bits per heavy atom. The molecule has 0 saturated carbocycles. The van der Waals surface area contributed by atoms with Crippen molar-refractivity contribution in [3.8, 4) is 17.3 Å². The molecule has 3 heterocycles. The fourth-order valence-corrected chi connectivity index (χ4v) is 2.95. The topological polar surface area (TPSA) is 78.2 Å². The number of thioether (sulfide) groups is 1. The van der Waals surface area contributed by atoms with E-state index < -0.39 is 11.7 Å². The van der Waals surface area contributed by atoms with Crippen LogP contribution in [0.15, 0.2) is 29.8 Å². The van der Waals surface area contributed by atoms with Crippen molar-refractivity contribution in [2.24, 2.45) is 0 Å². The van der Waals surface area contributed by atoms with Gasteiger partial charge in [0.15, 0.2) is 5.16 Å². The molecule has 128 valence electrons. The van der Waals surface area contributed by atoms with Crippen LogP contribution in [0.4, 0.5) is 13.2 Å². The average molecular weight is 363 g/mol. The Kier molecular flexibility index (Phi) is 4.39. The molecule has 0 atom stereocenters. The summed E-state index contributed by atoms with van der Waals surface area (Å²) >= 11 is 1.40. The molecule has 0 aromatic carbocycles. The first kappa shape index (κ1) is 17.2. The summed E-state index contributed by atoms with van der Waals surface area (Å²) in [5.41, 5.74) is 0.298. The molecule has 0 fully saturated rings. The molecule has 3 rings (SSSR count). The number of aromatic amines is 1. The van der Waals surface area contributed by atoms with Crippen molar-refractivity contribution in [1.82, 2.24) is 19.9 Å². The van der Waals surface area contributed by atoms with Gasteiger partial charge in [0.25, 0.3) is 0 Å². The van der Waals surface area contributed by atoms with Gasteiger partial charge in [-0.3, -0.25) is 0 Å². The second-order valence-electron chi connectivity index (χ2n) is 5.51. The quantitative estimate of drug-likeness (QED) is 0.551. The molecule has 25 heavy (non-hydrogen) atoms. The molecule has 0 aliphatic heterocycles. The van der Waals surface area contributed by atoms with Crippen LogP contribution in [0.5, 0.6) is 0 Å². The standard InChI is InChI=1S/C16H12F3N5S/c1-8(2)25-15-23-5-9(4-20)13(24-15)12-7-22-14-11(12)3-10(6-21-14)16(17,18)19/h3,5-8H,1-2H3,(H,21,22). The number of halogens is 3. The molecular formula is C16H12F3N5S. The highest BCUT2D eigenvalue weighted by molar-refractivity contribution is 7.99. The lowest BCUT2D eigenvalue weighted by Gasteiger charge is -2.08. The largest absolute Gasteiger partial charge is 0.417 e. The number of alkyl halides is 3. The molecule has 5 nitrogen and oxygen atoms in total. The van der Waals surface area contributed by atoms with E-state index in [0.717, 1.165) is 12.3 Å². The van der Waals surface area contributed by atoms with Crippen LogP contribution < -0.4 is 0 Å². The van der Waals surface area contributed by atoms with Gasteiger partial charge in [-0.2, -0.15) is 18.4 Å². The van der Waals surface area contributed by atoms with Crippen LogP contribution in [0.3, 0.4) is 0 Å². The van der Waals surface area contributed by atoms with Crippen molar-refractivity contribution in [1.29, 1.82) is 5.26 Å². The molecule has 0 radical (unpaired) electrons. The van der Waals surface area contributed by atoms with Crippen LogP contribution in [-0.2, 0) is 6.18 Å². The van der Waals surface area contributed by atoms with Gasteiger partial charge >= 0.3 is 6.18 Å². The lowest BCUT2D eigenvalue weighted by atomic mass is 10.1. The lowest BCUT2D eigenvalue weighted by Crippen LogP contribution is -2.05. The number of nitrogens with one attached hydrogen (secondary N) is 1. The molecule has 0 bridgehead atoms. The number of pyridine rings is 1. The molecule has 0 unspecified atom stereocenters. The first-order chi connectivity index (χ1) is 11.8. The molecule has 0 spiro atoms. The van der Waals surface area contributed by atoms with Gasteiger partial charge in [-0.25, -0.2) is 15.0 Å². The molecule has 1 N–H and O–H groups in total. The SMILES string of the molecule is CC(C)Sc1ncc(C#N)c(-c2c[nH]c3ncc(C(F)(F)F)cc23)n1. The fraction of sp³-hybridized carbons (Fsp3) is 0.250. The number of nitriles is 1. The van der Waals surface area contributed by atoms with E-state index in [1.165, 1.54) is 24.2 Å². The minimum absolute atomic E-state index is 0.186. The maximum atomic E-state index is 13.0. The van der Waals surface area contributed by atoms with Crippen molar-refractivity contribution >= 4 is 22.8 Å². The van der Waals surface area contributed by atoms with E-state index >= 15 is 0 Å². The Morgan fingerprint density at radius 3 is 2.64 bits per heavy atom. The highest BCUT2D eigenvalue weighted by atomic mass is 32.2. The predicted molar refractivity (Wildman–Crippen MR) is 87.8 cm³/mol. The number of nitrogens with zero attached hydrogens (tertiary/aromatic N) is 4. The van der Waals surface area contributed by atoms with Gasteiger partial charge in [0.1, 0.15) is 11.7 Å². The Bertz CT molecular complexity index is 972. The molecule has 0 amide bonds. The zero-order valence-corrected chi connectivity index (χ0v) is 14.0. The molecular weight excluding hydrogens is 351 g/mol. The third kappa shape index (κ3) is 3.44. The van der Waals surface area contributed by atoms with Crippen molar-refractivity contribution < 1.29 is 13.2 Å². The number of fused-ring (bicyclic) bond motifs is 1. The molecule has 0 aliphatic carbocycles. The summed E-state index contributed by atoms with van der Waals surface area (Å²) in [5, 5.41) is 10.2. The summed E-state index contributed by atoms with van der Waals surface area (Å²) in [7, 11) is 0. The van der Waals surface area contributed by atoms with Gasteiger partial charge in [0.05, 0.1) is 16.8 Å². The summed E-state index contributed by atoms with van der Waals surface area (Å²) in [5.74, 6) is 0. The van der Waals surface area contributed by atoms with Gasteiger partial charge in [-0.05, 0) is 6.07 Å². The molecule has 0 aliphatic rings. The summed E-state index contributed by atoms with van der Waals surface area (Å²) in [4.78, 5) is 15.1. The number of rotatable bonds is 3. The normalized spacial score (nSPS) is 11.9. The molecule has 0 saturated heterocycles. The lowest BCUT2D eigenvalue weighted by molar-refractivity contribution is -0.137. The molecule has 3 aromatic rings. The van der Waals surface area contributed by atoms with E-state index in [1.807, 2.05) is 19.9 Å². The van der Waals surface area contributed by atoms with Crippen LogP contribution in [0.25, 0.3) is 22.3 Å². The van der Waals surface area contributed by atoms with E-state index in [0.29, 0.717) is 16.4 Å². The highest BCUT2D eigenvalue weighted by Gasteiger charge is 2.31. The van der Waals surface area contributed by atoms with Crippen molar-refractivity contribution in [2.75, 3.05) is 0 Å². The smallest absolute Gasteiger partial charge is 0.345 e. The van der Waals surface area contributed by atoms with E-state index in [4.69, 9.17) is 0 Å². The van der Waals surface area contributed by atoms with Gasteiger partial charge in [0, 0.05) is 34.8 Å². The Balaban J connectivity index is 2.20. The van der Waals surface area contributed by atoms with E-state index in [-0.39, 0.29) is 21.9 Å². The van der Waals surface area contributed by atoms with Gasteiger partial charge in [0.2, 0.25) is 0 Å². The fourth-order valence-electron chi connectivity index (χ4n) is 2.27. The Labute approximate surface area is 145 Å². The Morgan fingerprint density at radius 2 is 2.00 bits per heavy atom. The van der Waals surface area contributed by atoms with Gasteiger partial charge < -0.3 is 4.98 Å². The van der Waals surface area contributed by atoms with E-state index in [1.54, 1.807) is 0 Å². The first-order valence-electron chi connectivity index (χ1n) is 7.28. The number of aromatic nitrogens is 4. The number of hydrogen-bond donors (Lipinski definition) is 1. The molecule has 3 aromatic heterocycles. The Hall–Kier alpha value is -2.60. The minimum Gasteiger partial charge on any atom is -0.345 e. The zero-order valence-electron chi connectivity index (χ0n) is 13.2. The van der Waals surface area contributed by atoms with Crippen LogP contribution in [0.1, 0.15) is 25.0 Å². The van der Waals surface area contributed by atoms with Crippen molar-refractivity contribution in [3.05, 3.63) is 35.8 Å². The average Bonchev–Trinajstić information content (AvgIpc) is 2.96. The van der Waals surface area contributed by atoms with Crippen LogP contribution in [0, 0.1) is 11.3 Å². The van der Waals surface area contributed by atoms with Gasteiger partial charge in [-0.15, -0.1) is 0 Å². The summed E-state index contributed by atoms with van der Waals surface area (Å²) < 4.78 is 38.9. The van der Waals surface area contributed by atoms with E-state index in [2.05, 4.69) is 19.9 Å². The van der Waals surface area contributed by atoms with Gasteiger partial charge in [-0.1, -0.05) is 25.6 Å². The van der Waals surface area contributed by atoms with Crippen LogP contribution >= 0.6 is 11.8 Å². The summed E-state index contributed by atoms with van der Waals surface area (Å²) in [6, 6.07) is 2.99. The number of H-pyrrole nitrogens is 1. The summed E-state index contributed by atoms with van der Waals surface area (Å²) in [6.07, 6.45) is -0.844. The highest BCUT2D eigenvalue weighted by Crippen LogP contribution is 2.35. The first-order valence-corrected chi connectivity index (χ1v) is 8.16. The number of hydrogen-bond acceptors (Lipinski definition) is 5. The molecule has 9 heteroatoms. The monoisotopic (exact) mass is 363 g/mol. The van der Waals surface area contributed by atoms with Crippen LogP contribution in [-0.4, -0.2) is 25.2 Å². The minimum atomic E-state index is -4.50. The van der Waals surface area contributed by atoms with Crippen molar-refractivity contribution in [3.63, 3.8) is 0 Å². The third-order valence-corrected chi connectivity index (χ3v) is 4.22. The maximum absolute atomic E-state index is 13.0. The third-order valence-electron chi connectivity index (χ3n) is 3.34. The zero-order chi connectivity index (χ0) is 18.2. The summed E-state index contributed by atoms with van der Waals surface area (Å²) in [6.45, 7) is 3.94. The maximum Gasteiger partial charge on any atom is 0.417 e. The van der Waals surface area contributed by atoms with Crippen molar-refractivity contribution in [2.45, 2.75) is 30.4 Å². The predicted octanol–water partition coefficient (Wildman–Crippen LogP) is 4.41.